The van der Waals surface area contributed by atoms with E-state index in [1.807, 2.05) is 0 Å². The fourth-order valence-corrected chi connectivity index (χ4v) is 2.49. The highest BCUT2D eigenvalue weighted by Crippen LogP contribution is 2.45. The Bertz CT molecular complexity index is 424. The second-order valence-corrected chi connectivity index (χ2v) is 4.75. The molecule has 19 heavy (non-hydrogen) atoms. The minimum atomic E-state index is -1.31. The Morgan fingerprint density at radius 3 is 2.79 bits per heavy atom. The summed E-state index contributed by atoms with van der Waals surface area (Å²) in [5.74, 6) is -1.36. The number of carbonyl (C=O) groups excluding carboxylic acids is 2. The number of carbonyl (C=O) groups is 2. The summed E-state index contributed by atoms with van der Waals surface area (Å²) in [6, 6.07) is 2.07. The average Bonchev–Trinajstić information content (AvgIpc) is 2.40. The highest BCUT2D eigenvalue weighted by atomic mass is 16.5. The van der Waals surface area contributed by atoms with Crippen molar-refractivity contribution in [1.29, 1.82) is 5.26 Å². The topological polar surface area (TPSA) is 76.4 Å². The Hall–Kier alpha value is -1.83. The summed E-state index contributed by atoms with van der Waals surface area (Å²) < 4.78 is 9.65. The van der Waals surface area contributed by atoms with E-state index in [0.29, 0.717) is 12.8 Å². The van der Waals surface area contributed by atoms with Crippen molar-refractivity contribution >= 4 is 11.9 Å². The molecule has 104 valence electrons. The Balaban J connectivity index is 3.04. The third-order valence-electron chi connectivity index (χ3n) is 3.55. The molecule has 0 spiro atoms. The van der Waals surface area contributed by atoms with E-state index in [9.17, 15) is 14.9 Å². The molecule has 2 unspecified atom stereocenters. The minimum absolute atomic E-state index is 0.0517. The van der Waals surface area contributed by atoms with Crippen molar-refractivity contribution in [3.63, 3.8) is 0 Å². The molecule has 0 aromatic carbocycles. The predicted molar refractivity (Wildman–Crippen MR) is 67.8 cm³/mol. The van der Waals surface area contributed by atoms with Gasteiger partial charge in [-0.05, 0) is 32.1 Å². The standard InChI is InChI=1S/C14H19NO4/c1-4-19-13(17)14(9-15)8-10(2)5-6-11(14)7-12(16)18-3/h11H,2,4-8H2,1,3H3. The van der Waals surface area contributed by atoms with E-state index in [1.165, 1.54) is 7.11 Å². The van der Waals surface area contributed by atoms with E-state index in [-0.39, 0.29) is 25.4 Å². The lowest BCUT2D eigenvalue weighted by Crippen LogP contribution is -2.42. The lowest BCUT2D eigenvalue weighted by molar-refractivity contribution is -0.157. The number of allylic oxidation sites excluding steroid dienone is 1. The number of hydrogen-bond acceptors (Lipinski definition) is 5. The molecule has 0 radical (unpaired) electrons. The van der Waals surface area contributed by atoms with Crippen LogP contribution in [0.1, 0.15) is 32.6 Å². The van der Waals surface area contributed by atoms with Gasteiger partial charge in [-0.1, -0.05) is 12.2 Å². The summed E-state index contributed by atoms with van der Waals surface area (Å²) in [5.41, 5.74) is -0.463. The lowest BCUT2D eigenvalue weighted by Gasteiger charge is -2.37. The molecule has 0 heterocycles. The molecule has 0 bridgehead atoms. The maximum Gasteiger partial charge on any atom is 0.327 e. The predicted octanol–water partition coefficient (Wildman–Crippen LogP) is 1.98. The fourth-order valence-electron chi connectivity index (χ4n) is 2.49. The van der Waals surface area contributed by atoms with Gasteiger partial charge in [-0.15, -0.1) is 0 Å². The van der Waals surface area contributed by atoms with Gasteiger partial charge in [-0.3, -0.25) is 9.59 Å². The van der Waals surface area contributed by atoms with Crippen LogP contribution in [0, 0.1) is 22.7 Å². The van der Waals surface area contributed by atoms with Crippen molar-refractivity contribution in [3.8, 4) is 6.07 Å². The van der Waals surface area contributed by atoms with Crippen LogP contribution in [0.5, 0.6) is 0 Å². The second-order valence-electron chi connectivity index (χ2n) is 4.75. The molecule has 1 aliphatic rings. The molecule has 0 aromatic rings. The van der Waals surface area contributed by atoms with Crippen molar-refractivity contribution in [1.82, 2.24) is 0 Å². The van der Waals surface area contributed by atoms with Crippen LogP contribution < -0.4 is 0 Å². The summed E-state index contributed by atoms with van der Waals surface area (Å²) in [7, 11) is 1.29. The first-order valence-electron chi connectivity index (χ1n) is 6.32. The molecule has 1 saturated carbocycles. The molecule has 1 aliphatic carbocycles. The third-order valence-corrected chi connectivity index (χ3v) is 3.55. The Kier molecular flexibility index (Phi) is 5.11. The molecule has 5 nitrogen and oxygen atoms in total. The number of esters is 2. The fraction of sp³-hybridized carbons (Fsp3) is 0.643. The zero-order valence-corrected chi connectivity index (χ0v) is 11.4. The molecular formula is C14H19NO4. The minimum Gasteiger partial charge on any atom is -0.469 e. The van der Waals surface area contributed by atoms with Gasteiger partial charge in [0.15, 0.2) is 5.41 Å². The summed E-state index contributed by atoms with van der Waals surface area (Å²) in [4.78, 5) is 23.6. The van der Waals surface area contributed by atoms with Crippen LogP contribution in [-0.2, 0) is 19.1 Å². The maximum absolute atomic E-state index is 12.1. The summed E-state index contributed by atoms with van der Waals surface area (Å²) in [6.45, 7) is 5.76. The van der Waals surface area contributed by atoms with Gasteiger partial charge in [0.25, 0.3) is 0 Å². The smallest absolute Gasteiger partial charge is 0.327 e. The molecule has 0 aliphatic heterocycles. The van der Waals surface area contributed by atoms with Gasteiger partial charge in [-0.25, -0.2) is 0 Å². The third kappa shape index (κ3) is 3.14. The van der Waals surface area contributed by atoms with Crippen molar-refractivity contribution in [3.05, 3.63) is 12.2 Å². The van der Waals surface area contributed by atoms with Crippen LogP contribution in [0.15, 0.2) is 12.2 Å². The molecule has 1 fully saturated rings. The monoisotopic (exact) mass is 265 g/mol. The van der Waals surface area contributed by atoms with E-state index >= 15 is 0 Å². The van der Waals surface area contributed by atoms with Crippen molar-refractivity contribution in [2.24, 2.45) is 11.3 Å². The maximum atomic E-state index is 12.1. The van der Waals surface area contributed by atoms with Gasteiger partial charge in [0, 0.05) is 0 Å². The number of ether oxygens (including phenoxy) is 2. The average molecular weight is 265 g/mol. The van der Waals surface area contributed by atoms with Gasteiger partial charge < -0.3 is 9.47 Å². The highest BCUT2D eigenvalue weighted by Gasteiger charge is 2.50. The van der Waals surface area contributed by atoms with Crippen LogP contribution in [0.3, 0.4) is 0 Å². The Morgan fingerprint density at radius 1 is 1.58 bits per heavy atom. The lowest BCUT2D eigenvalue weighted by atomic mass is 9.64. The SMILES string of the molecule is C=C1CCC(CC(=O)OC)C(C#N)(C(=O)OCC)C1. The second kappa shape index (κ2) is 6.37. The largest absolute Gasteiger partial charge is 0.469 e. The Labute approximate surface area is 113 Å². The van der Waals surface area contributed by atoms with Crippen molar-refractivity contribution < 1.29 is 19.1 Å². The van der Waals surface area contributed by atoms with E-state index in [4.69, 9.17) is 4.74 Å². The van der Waals surface area contributed by atoms with Gasteiger partial charge in [-0.2, -0.15) is 5.26 Å². The highest BCUT2D eigenvalue weighted by molar-refractivity contribution is 5.82. The number of nitrogens with zero attached hydrogens (tertiary/aromatic N) is 1. The van der Waals surface area contributed by atoms with Crippen molar-refractivity contribution in [2.75, 3.05) is 13.7 Å². The number of nitriles is 1. The van der Waals surface area contributed by atoms with Gasteiger partial charge in [0.2, 0.25) is 0 Å². The van der Waals surface area contributed by atoms with Crippen LogP contribution in [0.2, 0.25) is 0 Å². The first-order chi connectivity index (χ1) is 9.00. The van der Waals surface area contributed by atoms with E-state index < -0.39 is 17.4 Å². The van der Waals surface area contributed by atoms with Crippen LogP contribution in [0.4, 0.5) is 0 Å². The van der Waals surface area contributed by atoms with Crippen LogP contribution in [0.25, 0.3) is 0 Å². The number of methoxy groups -OCH3 is 1. The van der Waals surface area contributed by atoms with Crippen LogP contribution in [-0.4, -0.2) is 25.7 Å². The Morgan fingerprint density at radius 2 is 2.26 bits per heavy atom. The zero-order valence-electron chi connectivity index (χ0n) is 11.4. The van der Waals surface area contributed by atoms with Gasteiger partial charge >= 0.3 is 11.9 Å². The molecule has 0 amide bonds. The van der Waals surface area contributed by atoms with Gasteiger partial charge in [0.05, 0.1) is 26.2 Å². The molecule has 0 N–H and O–H groups in total. The van der Waals surface area contributed by atoms with Crippen LogP contribution >= 0.6 is 0 Å². The van der Waals surface area contributed by atoms with E-state index in [1.54, 1.807) is 6.92 Å². The summed E-state index contributed by atoms with van der Waals surface area (Å²) in [6.07, 6.45) is 1.59. The van der Waals surface area contributed by atoms with E-state index in [0.717, 1.165) is 5.57 Å². The normalized spacial score (nSPS) is 26.4. The quantitative estimate of drug-likeness (QED) is 0.573. The molecule has 0 aromatic heterocycles. The van der Waals surface area contributed by atoms with Gasteiger partial charge in [0.1, 0.15) is 0 Å². The molecule has 5 heteroatoms. The van der Waals surface area contributed by atoms with Crippen molar-refractivity contribution in [2.45, 2.75) is 32.6 Å². The zero-order chi connectivity index (χ0) is 14.5. The molecule has 0 saturated heterocycles. The number of rotatable bonds is 4. The van der Waals surface area contributed by atoms with E-state index in [2.05, 4.69) is 17.4 Å². The summed E-state index contributed by atoms with van der Waals surface area (Å²) in [5, 5.41) is 9.47. The molecular weight excluding hydrogens is 246 g/mol. The summed E-state index contributed by atoms with van der Waals surface area (Å²) >= 11 is 0. The molecule has 1 rings (SSSR count). The first-order valence-corrected chi connectivity index (χ1v) is 6.32. The molecule has 2 atom stereocenters. The number of hydrogen-bond donors (Lipinski definition) is 0. The first kappa shape index (κ1) is 15.2.